The van der Waals surface area contributed by atoms with Crippen LogP contribution in [0.3, 0.4) is 0 Å². The molecule has 2 nitrogen and oxygen atoms in total. The summed E-state index contributed by atoms with van der Waals surface area (Å²) in [6, 6.07) is 6.98. The molecule has 0 aromatic heterocycles. The van der Waals surface area contributed by atoms with E-state index in [0.29, 0.717) is 11.3 Å². The first-order chi connectivity index (χ1) is 9.94. The van der Waals surface area contributed by atoms with Crippen molar-refractivity contribution in [2.45, 2.75) is 12.6 Å². The molecule has 1 atom stereocenters. The summed E-state index contributed by atoms with van der Waals surface area (Å²) in [5.41, 5.74) is 0.787. The number of methoxy groups -OCH3 is 2. The zero-order valence-corrected chi connectivity index (χ0v) is 11.9. The topological polar surface area (TPSA) is 18.5 Å². The van der Waals surface area contributed by atoms with Crippen LogP contribution in [0.15, 0.2) is 42.0 Å². The molecule has 0 saturated heterocycles. The highest BCUT2D eigenvalue weighted by Gasteiger charge is 2.36. The lowest BCUT2D eigenvalue weighted by atomic mass is 9.87. The summed E-state index contributed by atoms with van der Waals surface area (Å²) in [5, 5.41) is 0. The third kappa shape index (κ3) is 3.88. The van der Waals surface area contributed by atoms with E-state index in [-0.39, 0.29) is 18.9 Å². The first-order valence-corrected chi connectivity index (χ1v) is 6.57. The second-order valence-corrected chi connectivity index (χ2v) is 4.94. The summed E-state index contributed by atoms with van der Waals surface area (Å²) in [5.74, 6) is 0.400. The van der Waals surface area contributed by atoms with Gasteiger partial charge in [0.15, 0.2) is 0 Å². The molecule has 1 aromatic carbocycles. The average Bonchev–Trinajstić information content (AvgIpc) is 2.46. The molecule has 0 N–H and O–H groups in total. The van der Waals surface area contributed by atoms with E-state index in [0.717, 1.165) is 5.56 Å². The van der Waals surface area contributed by atoms with Gasteiger partial charge in [-0.05, 0) is 35.8 Å². The summed E-state index contributed by atoms with van der Waals surface area (Å²) in [6.45, 7) is 0.271. The number of benzene rings is 1. The van der Waals surface area contributed by atoms with Crippen LogP contribution in [0.1, 0.15) is 12.0 Å². The molecule has 114 valence electrons. The zero-order valence-electron chi connectivity index (χ0n) is 11.9. The fraction of sp³-hybridized carbons (Fsp3) is 0.375. The molecule has 1 aromatic rings. The van der Waals surface area contributed by atoms with E-state index in [4.69, 9.17) is 9.47 Å². The van der Waals surface area contributed by atoms with Crippen molar-refractivity contribution in [3.8, 4) is 5.75 Å². The summed E-state index contributed by atoms with van der Waals surface area (Å²) in [4.78, 5) is 0. The van der Waals surface area contributed by atoms with Crippen LogP contribution in [0.5, 0.6) is 5.75 Å². The Balaban J connectivity index is 2.34. The van der Waals surface area contributed by atoms with Gasteiger partial charge in [-0.2, -0.15) is 13.2 Å². The van der Waals surface area contributed by atoms with E-state index in [2.05, 4.69) is 0 Å². The second kappa shape index (κ2) is 6.35. The molecular formula is C16H17F3O2. The number of rotatable bonds is 4. The fourth-order valence-electron chi connectivity index (χ4n) is 2.37. The molecule has 0 aliphatic heterocycles. The first-order valence-electron chi connectivity index (χ1n) is 6.57. The summed E-state index contributed by atoms with van der Waals surface area (Å²) < 4.78 is 49.1. The molecule has 0 heterocycles. The standard InChI is InChI=1S/C16H17F3O2/c1-20-10-11-7-13(9-14(8-11)16(17,18)19)12-3-5-15(21-2)6-4-12/h3-7,9,11H,8,10H2,1-2H3/t11-/m0/s1. The Hall–Kier alpha value is -1.75. The van der Waals surface area contributed by atoms with Gasteiger partial charge in [-0.25, -0.2) is 0 Å². The van der Waals surface area contributed by atoms with Gasteiger partial charge >= 0.3 is 6.18 Å². The Bertz CT molecular complexity index is 542. The number of allylic oxidation sites excluding steroid dienone is 3. The van der Waals surface area contributed by atoms with E-state index in [1.165, 1.54) is 13.2 Å². The highest BCUT2D eigenvalue weighted by atomic mass is 19.4. The predicted molar refractivity (Wildman–Crippen MR) is 75.1 cm³/mol. The zero-order chi connectivity index (χ0) is 15.5. The van der Waals surface area contributed by atoms with E-state index in [1.807, 2.05) is 6.08 Å². The van der Waals surface area contributed by atoms with E-state index < -0.39 is 11.7 Å². The third-order valence-corrected chi connectivity index (χ3v) is 3.40. The molecule has 21 heavy (non-hydrogen) atoms. The fourth-order valence-corrected chi connectivity index (χ4v) is 2.37. The lowest BCUT2D eigenvalue weighted by Crippen LogP contribution is -2.20. The Morgan fingerprint density at radius 3 is 2.33 bits per heavy atom. The minimum atomic E-state index is -4.31. The highest BCUT2D eigenvalue weighted by molar-refractivity contribution is 5.76. The van der Waals surface area contributed by atoms with Crippen molar-refractivity contribution in [3.05, 3.63) is 47.6 Å². The van der Waals surface area contributed by atoms with Crippen molar-refractivity contribution < 1.29 is 22.6 Å². The summed E-state index contributed by atoms with van der Waals surface area (Å²) in [6.07, 6.45) is -1.30. The monoisotopic (exact) mass is 298 g/mol. The molecule has 5 heteroatoms. The number of alkyl halides is 3. The Morgan fingerprint density at radius 1 is 1.14 bits per heavy atom. The van der Waals surface area contributed by atoms with Gasteiger partial charge < -0.3 is 9.47 Å². The maximum absolute atomic E-state index is 13.0. The van der Waals surface area contributed by atoms with E-state index in [1.54, 1.807) is 31.4 Å². The number of halogens is 3. The van der Waals surface area contributed by atoms with Gasteiger partial charge in [0.25, 0.3) is 0 Å². The van der Waals surface area contributed by atoms with Crippen LogP contribution in [-0.4, -0.2) is 27.0 Å². The van der Waals surface area contributed by atoms with Crippen LogP contribution in [-0.2, 0) is 4.74 Å². The minimum absolute atomic E-state index is 0.0446. The molecule has 1 aliphatic rings. The van der Waals surface area contributed by atoms with E-state index >= 15 is 0 Å². The SMILES string of the molecule is COC[C@H]1C=C(c2ccc(OC)cc2)C=C(C(F)(F)F)C1. The van der Waals surface area contributed by atoms with Crippen LogP contribution < -0.4 is 4.74 Å². The van der Waals surface area contributed by atoms with Crippen molar-refractivity contribution >= 4 is 5.57 Å². The quantitative estimate of drug-likeness (QED) is 0.828. The lowest BCUT2D eigenvalue weighted by molar-refractivity contribution is -0.0955. The van der Waals surface area contributed by atoms with E-state index in [9.17, 15) is 13.2 Å². The molecule has 0 fully saturated rings. The Labute approximate surface area is 121 Å². The highest BCUT2D eigenvalue weighted by Crippen LogP contribution is 2.38. The van der Waals surface area contributed by atoms with Gasteiger partial charge in [0, 0.05) is 18.6 Å². The molecule has 2 rings (SSSR count). The van der Waals surface area contributed by atoms with Gasteiger partial charge in [-0.15, -0.1) is 0 Å². The van der Waals surface area contributed by atoms with Gasteiger partial charge in [-0.3, -0.25) is 0 Å². The predicted octanol–water partition coefficient (Wildman–Crippen LogP) is 4.23. The van der Waals surface area contributed by atoms with Crippen molar-refractivity contribution in [2.24, 2.45) is 5.92 Å². The molecule has 0 spiro atoms. The molecule has 0 amide bonds. The number of hydrogen-bond acceptors (Lipinski definition) is 2. The van der Waals surface area contributed by atoms with Crippen molar-refractivity contribution in [3.63, 3.8) is 0 Å². The smallest absolute Gasteiger partial charge is 0.412 e. The average molecular weight is 298 g/mol. The van der Waals surface area contributed by atoms with Crippen molar-refractivity contribution in [1.29, 1.82) is 0 Å². The molecule has 0 bridgehead atoms. The number of hydrogen-bond donors (Lipinski definition) is 0. The lowest BCUT2D eigenvalue weighted by Gasteiger charge is -2.23. The van der Waals surface area contributed by atoms with Crippen LogP contribution in [0.2, 0.25) is 0 Å². The Morgan fingerprint density at radius 2 is 1.81 bits per heavy atom. The van der Waals surface area contributed by atoms with Crippen molar-refractivity contribution in [2.75, 3.05) is 20.8 Å². The first kappa shape index (κ1) is 15.6. The summed E-state index contributed by atoms with van der Waals surface area (Å²) >= 11 is 0. The van der Waals surface area contributed by atoms with Gasteiger partial charge in [0.2, 0.25) is 0 Å². The maximum Gasteiger partial charge on any atom is 0.412 e. The molecule has 1 aliphatic carbocycles. The maximum atomic E-state index is 13.0. The molecule has 0 radical (unpaired) electrons. The third-order valence-electron chi connectivity index (χ3n) is 3.40. The van der Waals surface area contributed by atoms with Gasteiger partial charge in [0.05, 0.1) is 13.7 Å². The minimum Gasteiger partial charge on any atom is -0.497 e. The molecular weight excluding hydrogens is 281 g/mol. The Kier molecular flexibility index (Phi) is 4.73. The summed E-state index contributed by atoms with van der Waals surface area (Å²) in [7, 11) is 3.04. The molecule has 0 unspecified atom stereocenters. The largest absolute Gasteiger partial charge is 0.497 e. The van der Waals surface area contributed by atoms with Crippen LogP contribution in [0.25, 0.3) is 5.57 Å². The number of ether oxygens (including phenoxy) is 2. The normalized spacial score (nSPS) is 19.0. The van der Waals surface area contributed by atoms with Crippen LogP contribution >= 0.6 is 0 Å². The van der Waals surface area contributed by atoms with Gasteiger partial charge in [0.1, 0.15) is 5.75 Å². The van der Waals surface area contributed by atoms with Crippen molar-refractivity contribution in [1.82, 2.24) is 0 Å². The van der Waals surface area contributed by atoms with Gasteiger partial charge in [-0.1, -0.05) is 18.2 Å². The van der Waals surface area contributed by atoms with Crippen LogP contribution in [0, 0.1) is 5.92 Å². The second-order valence-electron chi connectivity index (χ2n) is 4.94. The van der Waals surface area contributed by atoms with Crippen LogP contribution in [0.4, 0.5) is 13.2 Å². The molecule has 0 saturated carbocycles.